The Morgan fingerprint density at radius 1 is 0.935 bits per heavy atom. The van der Waals surface area contributed by atoms with Crippen molar-refractivity contribution in [2.45, 2.75) is 0 Å². The molecule has 7 nitrogen and oxygen atoms in total. The molecule has 0 saturated carbocycles. The molecule has 5 aromatic heterocycles. The molecule has 0 radical (unpaired) electrons. The molecule has 0 bridgehead atoms. The van der Waals surface area contributed by atoms with Crippen LogP contribution >= 0.6 is 0 Å². The van der Waals surface area contributed by atoms with Gasteiger partial charge in [0.2, 0.25) is 0 Å². The largest absolute Gasteiger partial charge is 0.495 e. The first kappa shape index (κ1) is 17.5. The van der Waals surface area contributed by atoms with Crippen LogP contribution in [0.4, 0.5) is 0 Å². The zero-order chi connectivity index (χ0) is 20.8. The average molecular weight is 407 g/mol. The minimum absolute atomic E-state index is 0.721. The molecule has 6 rings (SSSR count). The SMILES string of the molecule is COc1cncc(-c2ccc3[nH]nc(-c4cc5c(-c6ccoc6)ccnc5[nH]4)c3c2)c1. The van der Waals surface area contributed by atoms with Crippen molar-refractivity contribution >= 4 is 21.9 Å². The van der Waals surface area contributed by atoms with Gasteiger partial charge in [0.25, 0.3) is 0 Å². The van der Waals surface area contributed by atoms with Gasteiger partial charge in [-0.25, -0.2) is 4.98 Å². The summed E-state index contributed by atoms with van der Waals surface area (Å²) in [4.78, 5) is 12.2. The third-order valence-corrected chi connectivity index (χ3v) is 5.46. The van der Waals surface area contributed by atoms with Crippen LogP contribution in [-0.4, -0.2) is 32.3 Å². The first-order valence-electron chi connectivity index (χ1n) is 9.78. The Morgan fingerprint density at radius 3 is 2.77 bits per heavy atom. The molecular weight excluding hydrogens is 390 g/mol. The van der Waals surface area contributed by atoms with E-state index in [0.29, 0.717) is 0 Å². The highest BCUT2D eigenvalue weighted by atomic mass is 16.5. The Morgan fingerprint density at radius 2 is 1.90 bits per heavy atom. The lowest BCUT2D eigenvalue weighted by Gasteiger charge is -2.04. The summed E-state index contributed by atoms with van der Waals surface area (Å²) in [6.45, 7) is 0. The van der Waals surface area contributed by atoms with E-state index >= 15 is 0 Å². The van der Waals surface area contributed by atoms with Gasteiger partial charge in [-0.2, -0.15) is 5.10 Å². The normalized spacial score (nSPS) is 11.4. The van der Waals surface area contributed by atoms with Crippen molar-refractivity contribution in [3.8, 4) is 39.4 Å². The lowest BCUT2D eigenvalue weighted by molar-refractivity contribution is 0.413. The molecule has 0 aliphatic rings. The number of rotatable bonds is 4. The third kappa shape index (κ3) is 2.86. The van der Waals surface area contributed by atoms with Gasteiger partial charge in [0.1, 0.15) is 17.1 Å². The highest BCUT2D eigenvalue weighted by Crippen LogP contribution is 2.34. The number of fused-ring (bicyclic) bond motifs is 2. The van der Waals surface area contributed by atoms with Gasteiger partial charge in [0.15, 0.2) is 0 Å². The molecular formula is C24H17N5O2. The van der Waals surface area contributed by atoms with E-state index in [2.05, 4.69) is 37.3 Å². The van der Waals surface area contributed by atoms with Crippen LogP contribution in [0.25, 0.3) is 55.6 Å². The van der Waals surface area contributed by atoms with E-state index in [0.717, 1.165) is 61.3 Å². The molecule has 0 aliphatic carbocycles. The van der Waals surface area contributed by atoms with Crippen LogP contribution in [0, 0.1) is 0 Å². The number of hydrogen-bond donors (Lipinski definition) is 2. The number of aromatic nitrogens is 5. The smallest absolute Gasteiger partial charge is 0.138 e. The topological polar surface area (TPSA) is 92.6 Å². The van der Waals surface area contributed by atoms with E-state index in [-0.39, 0.29) is 0 Å². The fraction of sp³-hybridized carbons (Fsp3) is 0.0417. The van der Waals surface area contributed by atoms with Crippen LogP contribution in [0.15, 0.2) is 78.0 Å². The van der Waals surface area contributed by atoms with Gasteiger partial charge in [-0.15, -0.1) is 0 Å². The minimum atomic E-state index is 0.721. The quantitative estimate of drug-likeness (QED) is 0.406. The molecule has 5 heterocycles. The second-order valence-electron chi connectivity index (χ2n) is 7.26. The zero-order valence-corrected chi connectivity index (χ0v) is 16.6. The van der Waals surface area contributed by atoms with Crippen molar-refractivity contribution in [1.82, 2.24) is 25.1 Å². The maximum absolute atomic E-state index is 5.32. The first-order chi connectivity index (χ1) is 15.3. The van der Waals surface area contributed by atoms with Crippen LogP contribution in [0.2, 0.25) is 0 Å². The van der Waals surface area contributed by atoms with Crippen molar-refractivity contribution in [1.29, 1.82) is 0 Å². The van der Waals surface area contributed by atoms with E-state index < -0.39 is 0 Å². The van der Waals surface area contributed by atoms with Crippen molar-refractivity contribution in [2.75, 3.05) is 7.11 Å². The van der Waals surface area contributed by atoms with E-state index in [1.165, 1.54) is 0 Å². The molecule has 0 fully saturated rings. The minimum Gasteiger partial charge on any atom is -0.495 e. The maximum Gasteiger partial charge on any atom is 0.138 e. The fourth-order valence-electron chi connectivity index (χ4n) is 3.91. The van der Waals surface area contributed by atoms with Gasteiger partial charge >= 0.3 is 0 Å². The van der Waals surface area contributed by atoms with Crippen molar-refractivity contribution in [3.05, 3.63) is 73.6 Å². The molecule has 0 saturated heterocycles. The van der Waals surface area contributed by atoms with Gasteiger partial charge in [-0.05, 0) is 47.5 Å². The maximum atomic E-state index is 5.32. The number of nitrogens with zero attached hydrogens (tertiary/aromatic N) is 3. The third-order valence-electron chi connectivity index (χ3n) is 5.46. The Balaban J connectivity index is 1.50. The van der Waals surface area contributed by atoms with Crippen molar-refractivity contribution in [2.24, 2.45) is 0 Å². The first-order valence-corrected chi connectivity index (χ1v) is 9.78. The molecule has 31 heavy (non-hydrogen) atoms. The van der Waals surface area contributed by atoms with Crippen LogP contribution in [0.5, 0.6) is 5.75 Å². The van der Waals surface area contributed by atoms with Crippen molar-refractivity contribution in [3.63, 3.8) is 0 Å². The molecule has 0 spiro atoms. The predicted octanol–water partition coefficient (Wildman–Crippen LogP) is 5.44. The standard InChI is InChI=1S/C24H17N5O2/c1-30-17-8-16(11-25-12-17)14-2-3-21-20(9-14)23(29-28-21)22-10-19-18(15-5-7-31-13-15)4-6-26-24(19)27-22/h2-13H,1H3,(H,26,27)(H,28,29). The number of methoxy groups -OCH3 is 1. The fourth-order valence-corrected chi connectivity index (χ4v) is 3.91. The molecule has 7 heteroatoms. The zero-order valence-electron chi connectivity index (χ0n) is 16.6. The van der Waals surface area contributed by atoms with E-state index in [1.807, 2.05) is 36.5 Å². The summed E-state index contributed by atoms with van der Waals surface area (Å²) < 4.78 is 10.6. The Labute approximate surface area is 176 Å². The molecule has 0 unspecified atom stereocenters. The van der Waals surface area contributed by atoms with Crippen LogP contribution < -0.4 is 4.74 Å². The number of ether oxygens (including phenoxy) is 1. The molecule has 0 amide bonds. The predicted molar refractivity (Wildman–Crippen MR) is 119 cm³/mol. The Bertz CT molecular complexity index is 1530. The average Bonchev–Trinajstić information content (AvgIpc) is 3.57. The van der Waals surface area contributed by atoms with Crippen LogP contribution in [-0.2, 0) is 0 Å². The molecule has 150 valence electrons. The summed E-state index contributed by atoms with van der Waals surface area (Å²) in [6, 6.07) is 14.2. The Hall–Kier alpha value is -4.39. The summed E-state index contributed by atoms with van der Waals surface area (Å²) in [5, 5.41) is 9.74. The monoisotopic (exact) mass is 407 g/mol. The summed E-state index contributed by atoms with van der Waals surface area (Å²) in [7, 11) is 1.64. The number of benzene rings is 1. The number of furan rings is 1. The summed E-state index contributed by atoms with van der Waals surface area (Å²) in [5.41, 5.74) is 7.58. The van der Waals surface area contributed by atoms with E-state index in [1.54, 1.807) is 32.0 Å². The summed E-state index contributed by atoms with van der Waals surface area (Å²) in [6.07, 6.45) is 8.72. The van der Waals surface area contributed by atoms with Crippen LogP contribution in [0.1, 0.15) is 0 Å². The molecule has 0 atom stereocenters. The lowest BCUT2D eigenvalue weighted by Crippen LogP contribution is -1.86. The number of aromatic amines is 2. The summed E-state index contributed by atoms with van der Waals surface area (Å²) in [5.74, 6) is 0.721. The number of pyridine rings is 2. The lowest BCUT2D eigenvalue weighted by atomic mass is 10.0. The van der Waals surface area contributed by atoms with Gasteiger partial charge < -0.3 is 14.1 Å². The molecule has 0 aliphatic heterocycles. The number of H-pyrrole nitrogens is 2. The van der Waals surface area contributed by atoms with Gasteiger partial charge in [0.05, 0.1) is 37.0 Å². The number of nitrogens with one attached hydrogen (secondary N) is 2. The van der Waals surface area contributed by atoms with E-state index in [4.69, 9.17) is 9.15 Å². The number of hydrogen-bond acceptors (Lipinski definition) is 5. The second kappa shape index (κ2) is 6.84. The van der Waals surface area contributed by atoms with Crippen LogP contribution in [0.3, 0.4) is 0 Å². The summed E-state index contributed by atoms with van der Waals surface area (Å²) >= 11 is 0. The highest BCUT2D eigenvalue weighted by Gasteiger charge is 2.15. The highest BCUT2D eigenvalue weighted by molar-refractivity contribution is 6.00. The molecule has 2 N–H and O–H groups in total. The molecule has 1 aromatic carbocycles. The van der Waals surface area contributed by atoms with Gasteiger partial charge in [-0.1, -0.05) is 6.07 Å². The van der Waals surface area contributed by atoms with Gasteiger partial charge in [-0.3, -0.25) is 10.1 Å². The van der Waals surface area contributed by atoms with E-state index in [9.17, 15) is 0 Å². The van der Waals surface area contributed by atoms with Gasteiger partial charge in [0, 0.05) is 34.3 Å². The second-order valence-corrected chi connectivity index (χ2v) is 7.26. The molecule has 6 aromatic rings. The van der Waals surface area contributed by atoms with Crippen molar-refractivity contribution < 1.29 is 9.15 Å². The Kier molecular flexibility index (Phi) is 3.86.